The SMILES string of the molecule is O=S(=O)(c1ccc(CN2C=CC3N=CCC3=C2)cc1)c1cnc2ccccc2c1. The van der Waals surface area contributed by atoms with Gasteiger partial charge >= 0.3 is 0 Å². The summed E-state index contributed by atoms with van der Waals surface area (Å²) < 4.78 is 26.0. The number of para-hydroxylation sites is 1. The second-order valence-corrected chi connectivity index (χ2v) is 9.16. The molecule has 0 saturated heterocycles. The normalized spacial score (nSPS) is 18.1. The third-order valence-electron chi connectivity index (χ3n) is 5.24. The van der Waals surface area contributed by atoms with Gasteiger partial charge in [-0.3, -0.25) is 9.98 Å². The van der Waals surface area contributed by atoms with Gasteiger partial charge in [-0.2, -0.15) is 0 Å². The molecule has 5 nitrogen and oxygen atoms in total. The maximum absolute atomic E-state index is 13.0. The van der Waals surface area contributed by atoms with E-state index >= 15 is 0 Å². The number of aromatic nitrogens is 1. The summed E-state index contributed by atoms with van der Waals surface area (Å²) in [5.74, 6) is 0. The van der Waals surface area contributed by atoms with E-state index in [0.717, 1.165) is 22.9 Å². The van der Waals surface area contributed by atoms with Crippen molar-refractivity contribution in [3.63, 3.8) is 0 Å². The van der Waals surface area contributed by atoms with E-state index in [-0.39, 0.29) is 15.8 Å². The highest BCUT2D eigenvalue weighted by Crippen LogP contribution is 2.26. The summed E-state index contributed by atoms with van der Waals surface area (Å²) in [7, 11) is -3.61. The highest BCUT2D eigenvalue weighted by molar-refractivity contribution is 7.91. The Labute approximate surface area is 169 Å². The molecule has 3 heterocycles. The van der Waals surface area contributed by atoms with E-state index in [9.17, 15) is 8.42 Å². The molecule has 1 atom stereocenters. The van der Waals surface area contributed by atoms with Crippen LogP contribution in [0.5, 0.6) is 0 Å². The van der Waals surface area contributed by atoms with Crippen molar-refractivity contribution in [3.8, 4) is 0 Å². The number of sulfone groups is 1. The molecule has 0 amide bonds. The summed E-state index contributed by atoms with van der Waals surface area (Å²) in [6, 6.07) is 16.4. The summed E-state index contributed by atoms with van der Waals surface area (Å²) in [4.78, 5) is 11.3. The van der Waals surface area contributed by atoms with E-state index in [2.05, 4.69) is 27.2 Å². The summed E-state index contributed by atoms with van der Waals surface area (Å²) in [6.45, 7) is 0.685. The number of nitrogens with zero attached hydrogens (tertiary/aromatic N) is 3. The molecule has 144 valence electrons. The van der Waals surface area contributed by atoms with Crippen LogP contribution in [0.2, 0.25) is 0 Å². The number of rotatable bonds is 4. The lowest BCUT2D eigenvalue weighted by Crippen LogP contribution is -2.17. The molecule has 5 rings (SSSR count). The van der Waals surface area contributed by atoms with Crippen LogP contribution >= 0.6 is 0 Å². The Balaban J connectivity index is 1.37. The minimum absolute atomic E-state index is 0.189. The van der Waals surface area contributed by atoms with Crippen molar-refractivity contribution < 1.29 is 8.42 Å². The van der Waals surface area contributed by atoms with Gasteiger partial charge in [0, 0.05) is 43.2 Å². The molecule has 0 N–H and O–H groups in total. The van der Waals surface area contributed by atoms with Crippen LogP contribution in [0.15, 0.2) is 99.6 Å². The fourth-order valence-electron chi connectivity index (χ4n) is 3.66. The van der Waals surface area contributed by atoms with Gasteiger partial charge in [-0.15, -0.1) is 0 Å². The minimum atomic E-state index is -3.61. The second-order valence-electron chi connectivity index (χ2n) is 7.21. The molecule has 6 heteroatoms. The Kier molecular flexibility index (Phi) is 4.28. The van der Waals surface area contributed by atoms with Gasteiger partial charge in [-0.1, -0.05) is 30.3 Å². The van der Waals surface area contributed by atoms with Crippen LogP contribution in [0.3, 0.4) is 0 Å². The zero-order chi connectivity index (χ0) is 19.8. The molecule has 0 fully saturated rings. The Morgan fingerprint density at radius 2 is 1.86 bits per heavy atom. The first kappa shape index (κ1) is 17.8. The molecule has 0 spiro atoms. The molecular formula is C23H19N3O2S. The van der Waals surface area contributed by atoms with Gasteiger partial charge in [0.25, 0.3) is 0 Å². The molecular weight excluding hydrogens is 382 g/mol. The van der Waals surface area contributed by atoms with E-state index in [4.69, 9.17) is 0 Å². The number of hydrogen-bond donors (Lipinski definition) is 0. The molecule has 3 aromatic rings. The lowest BCUT2D eigenvalue weighted by Gasteiger charge is -2.22. The van der Waals surface area contributed by atoms with Crippen LogP contribution in [0, 0.1) is 0 Å². The molecule has 2 aliphatic heterocycles. The molecule has 2 aliphatic rings. The maximum atomic E-state index is 13.0. The van der Waals surface area contributed by atoms with Gasteiger partial charge in [0.15, 0.2) is 0 Å². The standard InChI is InChI=1S/C23H19N3O2S/c27-29(28,21-13-18-3-1-2-4-22(18)25-14-21)20-7-5-17(6-8-20)15-26-12-10-23-19(16-26)9-11-24-23/h1-8,10-14,16,23H,9,15H2. The average Bonchev–Trinajstić information content (AvgIpc) is 3.22. The van der Waals surface area contributed by atoms with Crippen LogP contribution in [-0.2, 0) is 16.4 Å². The lowest BCUT2D eigenvalue weighted by atomic mass is 10.1. The van der Waals surface area contributed by atoms with Gasteiger partial charge in [-0.25, -0.2) is 8.42 Å². The predicted octanol–water partition coefficient (Wildman–Crippen LogP) is 4.12. The van der Waals surface area contributed by atoms with Crippen LogP contribution < -0.4 is 0 Å². The average molecular weight is 401 g/mol. The second kappa shape index (κ2) is 6.97. The summed E-state index contributed by atoms with van der Waals surface area (Å²) in [6.07, 6.45) is 10.5. The third kappa shape index (κ3) is 3.36. The minimum Gasteiger partial charge on any atom is -0.350 e. The van der Waals surface area contributed by atoms with E-state index in [1.54, 1.807) is 18.2 Å². The molecule has 1 unspecified atom stereocenters. The smallest absolute Gasteiger partial charge is 0.208 e. The Bertz CT molecular complexity index is 1270. The lowest BCUT2D eigenvalue weighted by molar-refractivity contribution is 0.483. The van der Waals surface area contributed by atoms with E-state index in [0.29, 0.717) is 6.54 Å². The Morgan fingerprint density at radius 1 is 1.03 bits per heavy atom. The fourth-order valence-corrected chi connectivity index (χ4v) is 4.90. The first-order chi connectivity index (χ1) is 14.1. The molecule has 0 radical (unpaired) electrons. The van der Waals surface area contributed by atoms with Gasteiger partial charge in [-0.05, 0) is 41.5 Å². The monoisotopic (exact) mass is 401 g/mol. The molecule has 1 aromatic heterocycles. The highest BCUT2D eigenvalue weighted by Gasteiger charge is 2.20. The van der Waals surface area contributed by atoms with E-state index in [1.807, 2.05) is 48.8 Å². The van der Waals surface area contributed by atoms with Gasteiger partial charge in [0.05, 0.1) is 21.3 Å². The topological polar surface area (TPSA) is 62.6 Å². The van der Waals surface area contributed by atoms with Crippen LogP contribution in [0.1, 0.15) is 12.0 Å². The van der Waals surface area contributed by atoms with Crippen molar-refractivity contribution in [2.24, 2.45) is 4.99 Å². The maximum Gasteiger partial charge on any atom is 0.208 e. The fraction of sp³-hybridized carbons (Fsp3) is 0.130. The molecule has 0 bridgehead atoms. The molecule has 2 aromatic carbocycles. The summed E-state index contributed by atoms with van der Waals surface area (Å²) in [5.41, 5.74) is 3.11. The number of benzene rings is 2. The largest absolute Gasteiger partial charge is 0.350 e. The van der Waals surface area contributed by atoms with E-state index in [1.165, 1.54) is 11.8 Å². The van der Waals surface area contributed by atoms with Gasteiger partial charge < -0.3 is 4.90 Å². The van der Waals surface area contributed by atoms with Gasteiger partial charge in [0.2, 0.25) is 9.84 Å². The summed E-state index contributed by atoms with van der Waals surface area (Å²) in [5, 5.41) is 0.810. The zero-order valence-corrected chi connectivity index (χ0v) is 16.5. The first-order valence-corrected chi connectivity index (χ1v) is 10.9. The van der Waals surface area contributed by atoms with Crippen LogP contribution in [-0.4, -0.2) is 30.6 Å². The number of fused-ring (bicyclic) bond motifs is 2. The van der Waals surface area contributed by atoms with Crippen molar-refractivity contribution in [1.29, 1.82) is 0 Å². The Morgan fingerprint density at radius 3 is 2.72 bits per heavy atom. The molecule has 29 heavy (non-hydrogen) atoms. The predicted molar refractivity (Wildman–Crippen MR) is 113 cm³/mol. The number of aliphatic imine (C=N–C) groups is 1. The van der Waals surface area contributed by atoms with Crippen molar-refractivity contribution in [1.82, 2.24) is 9.88 Å². The van der Waals surface area contributed by atoms with Crippen LogP contribution in [0.4, 0.5) is 0 Å². The van der Waals surface area contributed by atoms with Crippen molar-refractivity contribution in [3.05, 3.63) is 90.4 Å². The van der Waals surface area contributed by atoms with Crippen molar-refractivity contribution >= 4 is 27.0 Å². The third-order valence-corrected chi connectivity index (χ3v) is 6.98. The molecule has 0 saturated carbocycles. The van der Waals surface area contributed by atoms with E-state index < -0.39 is 9.84 Å². The first-order valence-electron chi connectivity index (χ1n) is 9.45. The van der Waals surface area contributed by atoms with Gasteiger partial charge in [0.1, 0.15) is 0 Å². The quantitative estimate of drug-likeness (QED) is 0.660. The van der Waals surface area contributed by atoms with Crippen LogP contribution in [0.25, 0.3) is 10.9 Å². The Hall–Kier alpha value is -3.25. The highest BCUT2D eigenvalue weighted by atomic mass is 32.2. The zero-order valence-electron chi connectivity index (χ0n) is 15.6. The summed E-state index contributed by atoms with van der Waals surface area (Å²) >= 11 is 0. The number of hydrogen-bond acceptors (Lipinski definition) is 5. The molecule has 0 aliphatic carbocycles. The number of pyridine rings is 1. The van der Waals surface area contributed by atoms with Crippen molar-refractivity contribution in [2.45, 2.75) is 28.8 Å². The van der Waals surface area contributed by atoms with Crippen molar-refractivity contribution in [2.75, 3.05) is 0 Å².